The van der Waals surface area contributed by atoms with Gasteiger partial charge in [0.2, 0.25) is 0 Å². The van der Waals surface area contributed by atoms with Gasteiger partial charge in [-0.1, -0.05) is 6.07 Å². The Hall–Kier alpha value is -4.63. The van der Waals surface area contributed by atoms with Crippen molar-refractivity contribution in [3.63, 3.8) is 0 Å². The molecule has 6 heterocycles. The van der Waals surface area contributed by atoms with Crippen molar-refractivity contribution in [3.8, 4) is 39.8 Å². The van der Waals surface area contributed by atoms with Crippen LogP contribution in [0.15, 0.2) is 73.3 Å². The third-order valence-electron chi connectivity index (χ3n) is 7.04. The summed E-state index contributed by atoms with van der Waals surface area (Å²) < 4.78 is 6.05. The molecule has 38 heavy (non-hydrogen) atoms. The van der Waals surface area contributed by atoms with E-state index in [1.54, 1.807) is 24.8 Å². The Bertz CT molecular complexity index is 1720. The highest BCUT2D eigenvalue weighted by molar-refractivity contribution is 5.97. The van der Waals surface area contributed by atoms with E-state index in [2.05, 4.69) is 41.1 Å². The minimum atomic E-state index is 0.677. The van der Waals surface area contributed by atoms with Gasteiger partial charge in [-0.05, 0) is 62.3 Å². The molecule has 1 saturated heterocycles. The van der Waals surface area contributed by atoms with Crippen LogP contribution in [0.25, 0.3) is 56.0 Å². The molecule has 0 atom stereocenters. The van der Waals surface area contributed by atoms with Crippen LogP contribution in [0, 0.1) is 0 Å². The van der Waals surface area contributed by atoms with Crippen molar-refractivity contribution in [1.82, 2.24) is 40.0 Å². The third kappa shape index (κ3) is 4.26. The molecule has 1 aliphatic rings. The standard InChI is InChI=1S/C29H26N8O/c1-2-14-37(13-1)15-16-38-21-7-11-31-25(18-21)20-3-4-23-22(17-20)27(36-35-23)29-33-24-8-12-32-26(28(24)34-29)19-5-9-30-10-6-19/h3-12,17-18H,1-2,13-16H2,(H,33,34)(H,35,36). The number of nitrogens with one attached hydrogen (secondary N) is 2. The monoisotopic (exact) mass is 502 g/mol. The summed E-state index contributed by atoms with van der Waals surface area (Å²) in [6.07, 6.45) is 9.67. The van der Waals surface area contributed by atoms with Gasteiger partial charge in [0, 0.05) is 53.9 Å². The first kappa shape index (κ1) is 22.6. The van der Waals surface area contributed by atoms with Crippen LogP contribution in [0.1, 0.15) is 12.8 Å². The lowest BCUT2D eigenvalue weighted by Crippen LogP contribution is -2.25. The van der Waals surface area contributed by atoms with Crippen LogP contribution >= 0.6 is 0 Å². The molecule has 188 valence electrons. The van der Waals surface area contributed by atoms with Gasteiger partial charge in [0.05, 0.1) is 22.4 Å². The fourth-order valence-corrected chi connectivity index (χ4v) is 5.08. The van der Waals surface area contributed by atoms with Gasteiger partial charge in [-0.3, -0.25) is 25.0 Å². The second kappa shape index (κ2) is 9.68. The van der Waals surface area contributed by atoms with Crippen LogP contribution in [0.3, 0.4) is 0 Å². The van der Waals surface area contributed by atoms with Crippen LogP contribution in [-0.2, 0) is 0 Å². The number of H-pyrrole nitrogens is 2. The van der Waals surface area contributed by atoms with Gasteiger partial charge in [0.15, 0.2) is 5.82 Å². The first-order chi connectivity index (χ1) is 18.8. The number of nitrogens with zero attached hydrogens (tertiary/aromatic N) is 6. The molecule has 2 N–H and O–H groups in total. The van der Waals surface area contributed by atoms with Crippen molar-refractivity contribution >= 4 is 21.9 Å². The average Bonchev–Trinajstić information content (AvgIpc) is 3.73. The molecule has 7 rings (SSSR count). The second-order valence-electron chi connectivity index (χ2n) is 9.48. The zero-order valence-electron chi connectivity index (χ0n) is 20.8. The Morgan fingerprint density at radius 1 is 0.816 bits per heavy atom. The second-order valence-corrected chi connectivity index (χ2v) is 9.48. The van der Waals surface area contributed by atoms with Crippen molar-refractivity contribution in [2.75, 3.05) is 26.2 Å². The van der Waals surface area contributed by atoms with Gasteiger partial charge in [0.1, 0.15) is 23.6 Å². The fourth-order valence-electron chi connectivity index (χ4n) is 5.08. The molecule has 1 aliphatic heterocycles. The Balaban J connectivity index is 1.20. The molecular formula is C29H26N8O. The smallest absolute Gasteiger partial charge is 0.159 e. The highest BCUT2D eigenvalue weighted by atomic mass is 16.5. The maximum absolute atomic E-state index is 6.05. The lowest BCUT2D eigenvalue weighted by molar-refractivity contribution is 0.237. The summed E-state index contributed by atoms with van der Waals surface area (Å²) in [5.74, 6) is 1.51. The van der Waals surface area contributed by atoms with E-state index >= 15 is 0 Å². The predicted molar refractivity (Wildman–Crippen MR) is 147 cm³/mol. The number of imidazole rings is 1. The summed E-state index contributed by atoms with van der Waals surface area (Å²) >= 11 is 0. The number of hydrogen-bond acceptors (Lipinski definition) is 7. The van der Waals surface area contributed by atoms with Crippen LogP contribution < -0.4 is 4.74 Å². The van der Waals surface area contributed by atoms with E-state index in [1.165, 1.54) is 25.9 Å². The minimum Gasteiger partial charge on any atom is -0.492 e. The number of aromatic nitrogens is 7. The van der Waals surface area contributed by atoms with Gasteiger partial charge >= 0.3 is 0 Å². The molecule has 5 aromatic heterocycles. The summed E-state index contributed by atoms with van der Waals surface area (Å²) in [4.78, 5) is 24.1. The maximum atomic E-state index is 6.05. The average molecular weight is 503 g/mol. The predicted octanol–water partition coefficient (Wildman–Crippen LogP) is 5.10. The molecule has 9 nitrogen and oxygen atoms in total. The van der Waals surface area contributed by atoms with Gasteiger partial charge in [-0.2, -0.15) is 5.10 Å². The fraction of sp³-hybridized carbons (Fsp3) is 0.207. The SMILES string of the molecule is c1cc(-c2nccc3[nH]c(-c4n[nH]c5ccc(-c6cc(OCCN7CCCC7)ccn6)cc45)nc23)ccn1. The Kier molecular flexibility index (Phi) is 5.75. The van der Waals surface area contributed by atoms with Gasteiger partial charge in [0.25, 0.3) is 0 Å². The lowest BCUT2D eigenvalue weighted by Gasteiger charge is -2.15. The zero-order chi connectivity index (χ0) is 25.3. The Labute approximate surface area is 219 Å². The van der Waals surface area contributed by atoms with Crippen LogP contribution in [0.5, 0.6) is 5.75 Å². The van der Waals surface area contributed by atoms with E-state index in [0.29, 0.717) is 12.4 Å². The number of fused-ring (bicyclic) bond motifs is 2. The molecule has 9 heteroatoms. The first-order valence-electron chi connectivity index (χ1n) is 12.9. The third-order valence-corrected chi connectivity index (χ3v) is 7.04. The lowest BCUT2D eigenvalue weighted by atomic mass is 10.1. The number of pyridine rings is 3. The molecule has 0 saturated carbocycles. The molecule has 0 amide bonds. The number of ether oxygens (including phenoxy) is 1. The maximum Gasteiger partial charge on any atom is 0.159 e. The van der Waals surface area contributed by atoms with Crippen molar-refractivity contribution in [2.45, 2.75) is 12.8 Å². The molecule has 1 fully saturated rings. The topological polar surface area (TPSA) is 108 Å². The molecule has 0 bridgehead atoms. The summed E-state index contributed by atoms with van der Waals surface area (Å²) in [7, 11) is 0. The van der Waals surface area contributed by atoms with Gasteiger partial charge < -0.3 is 9.72 Å². The van der Waals surface area contributed by atoms with E-state index in [4.69, 9.17) is 9.72 Å². The van der Waals surface area contributed by atoms with Gasteiger partial charge in [-0.15, -0.1) is 0 Å². The van der Waals surface area contributed by atoms with Crippen LogP contribution in [0.2, 0.25) is 0 Å². The number of likely N-dealkylation sites (tertiary alicyclic amines) is 1. The highest BCUT2D eigenvalue weighted by Crippen LogP contribution is 2.32. The molecule has 0 radical (unpaired) electrons. The molecule has 6 aromatic rings. The molecule has 1 aromatic carbocycles. The Morgan fingerprint density at radius 2 is 1.68 bits per heavy atom. The zero-order valence-corrected chi connectivity index (χ0v) is 20.8. The van der Waals surface area contributed by atoms with Crippen molar-refractivity contribution in [3.05, 3.63) is 73.3 Å². The highest BCUT2D eigenvalue weighted by Gasteiger charge is 2.17. The number of aromatic amines is 2. The van der Waals surface area contributed by atoms with Crippen molar-refractivity contribution < 1.29 is 4.74 Å². The molecule has 0 unspecified atom stereocenters. The van der Waals surface area contributed by atoms with E-state index in [0.717, 1.165) is 62.4 Å². The van der Waals surface area contributed by atoms with Crippen LogP contribution in [-0.4, -0.2) is 66.3 Å². The van der Waals surface area contributed by atoms with Crippen molar-refractivity contribution in [1.29, 1.82) is 0 Å². The summed E-state index contributed by atoms with van der Waals surface area (Å²) in [6, 6.07) is 15.9. The first-order valence-corrected chi connectivity index (χ1v) is 12.9. The number of rotatable bonds is 7. The molecule has 0 spiro atoms. The summed E-state index contributed by atoms with van der Waals surface area (Å²) in [6.45, 7) is 3.98. The van der Waals surface area contributed by atoms with E-state index in [-0.39, 0.29) is 0 Å². The summed E-state index contributed by atoms with van der Waals surface area (Å²) in [5, 5.41) is 8.69. The minimum absolute atomic E-state index is 0.677. The summed E-state index contributed by atoms with van der Waals surface area (Å²) in [5.41, 5.74) is 6.97. The number of benzene rings is 1. The Morgan fingerprint density at radius 3 is 2.58 bits per heavy atom. The van der Waals surface area contributed by atoms with E-state index in [1.807, 2.05) is 42.5 Å². The molecule has 0 aliphatic carbocycles. The van der Waals surface area contributed by atoms with Crippen molar-refractivity contribution in [2.24, 2.45) is 0 Å². The normalized spacial score (nSPS) is 14.0. The quantitative estimate of drug-likeness (QED) is 0.313. The largest absolute Gasteiger partial charge is 0.492 e. The van der Waals surface area contributed by atoms with Crippen LogP contribution in [0.4, 0.5) is 0 Å². The van der Waals surface area contributed by atoms with E-state index in [9.17, 15) is 0 Å². The van der Waals surface area contributed by atoms with Gasteiger partial charge in [-0.25, -0.2) is 4.98 Å². The van der Waals surface area contributed by atoms with E-state index < -0.39 is 0 Å². The molecular weight excluding hydrogens is 476 g/mol. The number of hydrogen-bond donors (Lipinski definition) is 2.